The Kier molecular flexibility index (Phi) is 3.51. The Balaban J connectivity index is 2.61. The van der Waals surface area contributed by atoms with Gasteiger partial charge in [0, 0.05) is 25.1 Å². The zero-order valence-electron chi connectivity index (χ0n) is 11.2. The van der Waals surface area contributed by atoms with Crippen LogP contribution in [0.5, 0.6) is 0 Å². The molecule has 1 aromatic heterocycles. The van der Waals surface area contributed by atoms with Gasteiger partial charge in [-0.25, -0.2) is 0 Å². The molecule has 0 fully saturated rings. The second-order valence-electron chi connectivity index (χ2n) is 5.38. The van der Waals surface area contributed by atoms with E-state index in [2.05, 4.69) is 44.2 Å². The number of nitrogens with one attached hydrogen (secondary N) is 1. The van der Waals surface area contributed by atoms with E-state index in [0.29, 0.717) is 11.8 Å². The zero-order chi connectivity index (χ0) is 12.4. The van der Waals surface area contributed by atoms with E-state index in [9.17, 15) is 0 Å². The first-order chi connectivity index (χ1) is 8.11. The van der Waals surface area contributed by atoms with Gasteiger partial charge in [0.2, 0.25) is 0 Å². The van der Waals surface area contributed by atoms with Gasteiger partial charge in [-0.05, 0) is 40.5 Å². The number of allylic oxidation sites excluding steroid dienone is 1. The fourth-order valence-corrected chi connectivity index (χ4v) is 2.42. The number of pyridine rings is 1. The molecule has 0 aliphatic carbocycles. The van der Waals surface area contributed by atoms with E-state index in [4.69, 9.17) is 0 Å². The molecule has 0 spiro atoms. The Bertz CT molecular complexity index is 431. The molecule has 1 aliphatic heterocycles. The second kappa shape index (κ2) is 4.91. The first-order valence-electron chi connectivity index (χ1n) is 6.51. The molecule has 1 aromatic rings. The van der Waals surface area contributed by atoms with Gasteiger partial charge in [0.25, 0.3) is 0 Å². The number of aromatic nitrogens is 1. The molecule has 1 N–H and O–H groups in total. The first kappa shape index (κ1) is 12.2. The van der Waals surface area contributed by atoms with Crippen molar-refractivity contribution in [2.45, 2.75) is 40.0 Å². The Morgan fingerprint density at radius 1 is 1.12 bits per heavy atom. The highest BCUT2D eigenvalue weighted by atomic mass is 14.8. The maximum Gasteiger partial charge on any atom is 0.0308 e. The molecule has 0 radical (unpaired) electrons. The van der Waals surface area contributed by atoms with Crippen LogP contribution in [0.1, 0.15) is 50.3 Å². The SMILES string of the molecule is CC(C)C1=CNCCc2cncc(C(C)C)c21. The first-order valence-corrected chi connectivity index (χ1v) is 6.51. The summed E-state index contributed by atoms with van der Waals surface area (Å²) in [6.45, 7) is 10.0. The van der Waals surface area contributed by atoms with Crippen LogP contribution in [-0.4, -0.2) is 11.5 Å². The molecule has 2 rings (SSSR count). The third-order valence-electron chi connectivity index (χ3n) is 3.38. The molecule has 0 aromatic carbocycles. The van der Waals surface area contributed by atoms with E-state index >= 15 is 0 Å². The van der Waals surface area contributed by atoms with Crippen LogP contribution in [0.2, 0.25) is 0 Å². The highest BCUT2D eigenvalue weighted by Crippen LogP contribution is 2.33. The van der Waals surface area contributed by atoms with Crippen molar-refractivity contribution in [3.63, 3.8) is 0 Å². The Morgan fingerprint density at radius 2 is 1.88 bits per heavy atom. The molecule has 0 amide bonds. The Hall–Kier alpha value is -1.31. The molecule has 2 nitrogen and oxygen atoms in total. The molecule has 0 saturated carbocycles. The molecule has 0 unspecified atom stereocenters. The molecule has 2 heterocycles. The van der Waals surface area contributed by atoms with Crippen LogP contribution in [0.15, 0.2) is 18.6 Å². The van der Waals surface area contributed by atoms with E-state index in [1.807, 2.05) is 12.4 Å². The van der Waals surface area contributed by atoms with Crippen molar-refractivity contribution < 1.29 is 0 Å². The smallest absolute Gasteiger partial charge is 0.0308 e. The summed E-state index contributed by atoms with van der Waals surface area (Å²) in [7, 11) is 0. The number of rotatable bonds is 2. The summed E-state index contributed by atoms with van der Waals surface area (Å²) in [4.78, 5) is 4.40. The van der Waals surface area contributed by atoms with Gasteiger partial charge >= 0.3 is 0 Å². The highest BCUT2D eigenvalue weighted by molar-refractivity contribution is 5.72. The monoisotopic (exact) mass is 230 g/mol. The summed E-state index contributed by atoms with van der Waals surface area (Å²) in [5.41, 5.74) is 5.63. The van der Waals surface area contributed by atoms with E-state index in [0.717, 1.165) is 13.0 Å². The largest absolute Gasteiger partial charge is 0.390 e. The maximum atomic E-state index is 4.40. The van der Waals surface area contributed by atoms with Crippen molar-refractivity contribution in [1.82, 2.24) is 10.3 Å². The van der Waals surface area contributed by atoms with E-state index in [-0.39, 0.29) is 0 Å². The number of hydrogen-bond donors (Lipinski definition) is 1. The average Bonchev–Trinajstić information content (AvgIpc) is 2.50. The number of nitrogens with zero attached hydrogens (tertiary/aromatic N) is 1. The van der Waals surface area contributed by atoms with E-state index in [1.165, 1.54) is 22.3 Å². The molecule has 92 valence electrons. The fraction of sp³-hybridized carbons (Fsp3) is 0.533. The van der Waals surface area contributed by atoms with Crippen LogP contribution in [0.3, 0.4) is 0 Å². The predicted octanol–water partition coefficient (Wildman–Crippen LogP) is 3.35. The third kappa shape index (κ3) is 2.36. The molecule has 0 atom stereocenters. The molecule has 0 bridgehead atoms. The summed E-state index contributed by atoms with van der Waals surface area (Å²) in [5.74, 6) is 1.07. The maximum absolute atomic E-state index is 4.40. The van der Waals surface area contributed by atoms with Gasteiger partial charge in [0.1, 0.15) is 0 Å². The summed E-state index contributed by atoms with van der Waals surface area (Å²) in [6.07, 6.45) is 7.33. The van der Waals surface area contributed by atoms with Gasteiger partial charge < -0.3 is 5.32 Å². The molecular formula is C15H22N2. The normalized spacial score (nSPS) is 15.3. The van der Waals surface area contributed by atoms with E-state index < -0.39 is 0 Å². The van der Waals surface area contributed by atoms with Crippen LogP contribution in [0.4, 0.5) is 0 Å². The van der Waals surface area contributed by atoms with Gasteiger partial charge in [-0.15, -0.1) is 0 Å². The van der Waals surface area contributed by atoms with Gasteiger partial charge in [-0.1, -0.05) is 27.7 Å². The quantitative estimate of drug-likeness (QED) is 0.842. The Labute approximate surface area is 104 Å². The van der Waals surface area contributed by atoms with Crippen molar-refractivity contribution in [3.05, 3.63) is 35.3 Å². The second-order valence-corrected chi connectivity index (χ2v) is 5.38. The summed E-state index contributed by atoms with van der Waals surface area (Å²) in [5, 5.41) is 3.40. The van der Waals surface area contributed by atoms with Gasteiger partial charge in [0.15, 0.2) is 0 Å². The lowest BCUT2D eigenvalue weighted by Crippen LogP contribution is -2.08. The summed E-state index contributed by atoms with van der Waals surface area (Å²) >= 11 is 0. The minimum Gasteiger partial charge on any atom is -0.390 e. The molecular weight excluding hydrogens is 208 g/mol. The summed E-state index contributed by atoms with van der Waals surface area (Å²) < 4.78 is 0. The Morgan fingerprint density at radius 3 is 2.53 bits per heavy atom. The number of fused-ring (bicyclic) bond motifs is 1. The van der Waals surface area contributed by atoms with Crippen LogP contribution < -0.4 is 5.32 Å². The lowest BCUT2D eigenvalue weighted by Gasteiger charge is -2.19. The van der Waals surface area contributed by atoms with Gasteiger partial charge in [-0.2, -0.15) is 0 Å². The molecule has 17 heavy (non-hydrogen) atoms. The van der Waals surface area contributed by atoms with Crippen molar-refractivity contribution in [2.75, 3.05) is 6.54 Å². The lowest BCUT2D eigenvalue weighted by molar-refractivity contribution is 0.818. The molecule has 0 saturated heterocycles. The van der Waals surface area contributed by atoms with Crippen molar-refractivity contribution in [1.29, 1.82) is 0 Å². The van der Waals surface area contributed by atoms with Gasteiger partial charge in [-0.3, -0.25) is 4.98 Å². The molecule has 2 heteroatoms. The van der Waals surface area contributed by atoms with Crippen molar-refractivity contribution >= 4 is 5.57 Å². The third-order valence-corrected chi connectivity index (χ3v) is 3.38. The van der Waals surface area contributed by atoms with Crippen LogP contribution >= 0.6 is 0 Å². The zero-order valence-corrected chi connectivity index (χ0v) is 11.2. The van der Waals surface area contributed by atoms with Crippen LogP contribution in [-0.2, 0) is 6.42 Å². The van der Waals surface area contributed by atoms with E-state index in [1.54, 1.807) is 0 Å². The topological polar surface area (TPSA) is 24.9 Å². The average molecular weight is 230 g/mol. The van der Waals surface area contributed by atoms with Crippen molar-refractivity contribution in [3.8, 4) is 0 Å². The van der Waals surface area contributed by atoms with Crippen molar-refractivity contribution in [2.24, 2.45) is 5.92 Å². The molecule has 1 aliphatic rings. The summed E-state index contributed by atoms with van der Waals surface area (Å²) in [6, 6.07) is 0. The van der Waals surface area contributed by atoms with Crippen LogP contribution in [0, 0.1) is 5.92 Å². The van der Waals surface area contributed by atoms with Crippen LogP contribution in [0.25, 0.3) is 5.57 Å². The van der Waals surface area contributed by atoms with Gasteiger partial charge in [0.05, 0.1) is 0 Å². The highest BCUT2D eigenvalue weighted by Gasteiger charge is 2.19. The minimum atomic E-state index is 0.526. The standard InChI is InChI=1S/C15H22N2/c1-10(2)13-8-16-6-5-12-7-17-9-14(11(3)4)15(12)13/h7-11,16H,5-6H2,1-4H3. The minimum absolute atomic E-state index is 0.526. The number of hydrogen-bond acceptors (Lipinski definition) is 2. The predicted molar refractivity (Wildman–Crippen MR) is 72.8 cm³/mol. The fourth-order valence-electron chi connectivity index (χ4n) is 2.42. The lowest BCUT2D eigenvalue weighted by atomic mass is 9.86.